The second kappa shape index (κ2) is 9.32. The minimum Gasteiger partial charge on any atom is -0.493 e. The molecule has 27 heavy (non-hydrogen) atoms. The molecule has 0 atom stereocenters. The van der Waals surface area contributed by atoms with Gasteiger partial charge in [0.25, 0.3) is 0 Å². The molecule has 0 aliphatic heterocycles. The molecule has 3 aromatic rings. The van der Waals surface area contributed by atoms with Gasteiger partial charge in [0.15, 0.2) is 0 Å². The molecule has 2 aromatic heterocycles. The number of thiophene rings is 1. The number of hydrogen-bond acceptors (Lipinski definition) is 6. The van der Waals surface area contributed by atoms with Crippen molar-refractivity contribution in [2.45, 2.75) is 20.3 Å². The first-order chi connectivity index (χ1) is 13.2. The van der Waals surface area contributed by atoms with Crippen molar-refractivity contribution in [1.29, 1.82) is 0 Å². The molecule has 0 saturated carbocycles. The minimum absolute atomic E-state index is 0.294. The van der Waals surface area contributed by atoms with Crippen molar-refractivity contribution in [3.63, 3.8) is 0 Å². The van der Waals surface area contributed by atoms with E-state index in [0.717, 1.165) is 27.7 Å². The maximum atomic E-state index is 13.4. The summed E-state index contributed by atoms with van der Waals surface area (Å²) < 4.78 is 24.4. The molecular formula is C20H22FN3O2S. The van der Waals surface area contributed by atoms with Crippen LogP contribution in [0.25, 0.3) is 10.6 Å². The van der Waals surface area contributed by atoms with Crippen molar-refractivity contribution in [1.82, 2.24) is 9.97 Å². The van der Waals surface area contributed by atoms with Gasteiger partial charge in [-0.1, -0.05) is 6.07 Å². The average Bonchev–Trinajstić information content (AvgIpc) is 3.13. The average molecular weight is 387 g/mol. The summed E-state index contributed by atoms with van der Waals surface area (Å²) in [6, 6.07) is 8.53. The number of aromatic nitrogens is 2. The van der Waals surface area contributed by atoms with Crippen LogP contribution in [0.1, 0.15) is 19.4 Å². The van der Waals surface area contributed by atoms with Crippen LogP contribution in [0.15, 0.2) is 42.0 Å². The molecule has 0 radical (unpaired) electrons. The smallest absolute Gasteiger partial charge is 0.130 e. The van der Waals surface area contributed by atoms with Crippen LogP contribution in [0, 0.1) is 5.82 Å². The monoisotopic (exact) mass is 387 g/mol. The van der Waals surface area contributed by atoms with Gasteiger partial charge >= 0.3 is 0 Å². The normalized spacial score (nSPS) is 10.6. The van der Waals surface area contributed by atoms with Gasteiger partial charge < -0.3 is 14.8 Å². The number of nitrogens with zero attached hydrogens (tertiary/aromatic N) is 2. The van der Waals surface area contributed by atoms with Crippen molar-refractivity contribution in [2.24, 2.45) is 0 Å². The fourth-order valence-corrected chi connectivity index (χ4v) is 3.43. The van der Waals surface area contributed by atoms with Crippen LogP contribution in [0.4, 0.5) is 10.2 Å². The van der Waals surface area contributed by atoms with E-state index in [4.69, 9.17) is 9.47 Å². The molecular weight excluding hydrogens is 365 g/mol. The molecule has 0 amide bonds. The quantitative estimate of drug-likeness (QED) is 0.572. The van der Waals surface area contributed by atoms with Crippen LogP contribution >= 0.6 is 11.3 Å². The Kier molecular flexibility index (Phi) is 6.59. The summed E-state index contributed by atoms with van der Waals surface area (Å²) in [5.74, 6) is 1.89. The van der Waals surface area contributed by atoms with Gasteiger partial charge in [-0.15, -0.1) is 11.3 Å². The second-order valence-electron chi connectivity index (χ2n) is 5.73. The van der Waals surface area contributed by atoms with Gasteiger partial charge in [0.05, 0.1) is 23.8 Å². The molecule has 142 valence electrons. The summed E-state index contributed by atoms with van der Waals surface area (Å²) in [5.41, 5.74) is 1.81. The van der Waals surface area contributed by atoms with Crippen LogP contribution in [-0.2, 0) is 6.42 Å². The van der Waals surface area contributed by atoms with E-state index in [1.54, 1.807) is 23.7 Å². The summed E-state index contributed by atoms with van der Waals surface area (Å²) in [6.45, 7) is 5.64. The first-order valence-electron chi connectivity index (χ1n) is 8.88. The lowest BCUT2D eigenvalue weighted by Crippen LogP contribution is -2.08. The van der Waals surface area contributed by atoms with Gasteiger partial charge in [-0.3, -0.25) is 0 Å². The third kappa shape index (κ3) is 5.17. The van der Waals surface area contributed by atoms with Crippen molar-refractivity contribution >= 4 is 17.2 Å². The number of hydrogen-bond donors (Lipinski definition) is 1. The van der Waals surface area contributed by atoms with Crippen molar-refractivity contribution < 1.29 is 13.9 Å². The molecule has 5 nitrogen and oxygen atoms in total. The largest absolute Gasteiger partial charge is 0.493 e. The second-order valence-corrected chi connectivity index (χ2v) is 6.64. The molecule has 0 bridgehead atoms. The zero-order chi connectivity index (χ0) is 19.1. The van der Waals surface area contributed by atoms with Gasteiger partial charge in [-0.05, 0) is 31.9 Å². The SMILES string of the molecule is CCOc1csc(-c2cc(NCCc3ccc(F)cc3OCC)ncn2)c1. The third-order valence-corrected chi connectivity index (χ3v) is 4.77. The molecule has 1 aromatic carbocycles. The Morgan fingerprint density at radius 3 is 2.74 bits per heavy atom. The van der Waals surface area contributed by atoms with Crippen LogP contribution in [0.3, 0.4) is 0 Å². The van der Waals surface area contributed by atoms with Crippen LogP contribution in [0.2, 0.25) is 0 Å². The highest BCUT2D eigenvalue weighted by Crippen LogP contribution is 2.30. The molecule has 7 heteroatoms. The highest BCUT2D eigenvalue weighted by molar-refractivity contribution is 7.13. The summed E-state index contributed by atoms with van der Waals surface area (Å²) in [5, 5.41) is 5.26. The van der Waals surface area contributed by atoms with Crippen molar-refractivity contribution in [3.8, 4) is 22.1 Å². The highest BCUT2D eigenvalue weighted by Gasteiger charge is 2.08. The molecule has 0 aliphatic carbocycles. The summed E-state index contributed by atoms with van der Waals surface area (Å²) in [6.07, 6.45) is 2.24. The van der Waals surface area contributed by atoms with Crippen molar-refractivity contribution in [3.05, 3.63) is 53.4 Å². The fraction of sp³-hybridized carbons (Fsp3) is 0.300. The van der Waals surface area contributed by atoms with E-state index in [1.165, 1.54) is 12.1 Å². The standard InChI is InChI=1S/C20H22FN3O2S/c1-3-25-16-10-19(27-12-16)17-11-20(24-13-23-17)22-8-7-14-5-6-15(21)9-18(14)26-4-2/h5-6,9-13H,3-4,7-8H2,1-2H3,(H,22,23,24). The van der Waals surface area contributed by atoms with E-state index in [-0.39, 0.29) is 5.82 Å². The maximum absolute atomic E-state index is 13.4. The Labute approximate surface area is 162 Å². The van der Waals surface area contributed by atoms with E-state index >= 15 is 0 Å². The highest BCUT2D eigenvalue weighted by atomic mass is 32.1. The number of nitrogens with one attached hydrogen (secondary N) is 1. The lowest BCUT2D eigenvalue weighted by molar-refractivity contribution is 0.334. The third-order valence-electron chi connectivity index (χ3n) is 3.84. The van der Waals surface area contributed by atoms with Gasteiger partial charge in [0.2, 0.25) is 0 Å². The van der Waals surface area contributed by atoms with Crippen molar-refractivity contribution in [2.75, 3.05) is 25.1 Å². The number of rotatable bonds is 9. The van der Waals surface area contributed by atoms with Crippen LogP contribution in [0.5, 0.6) is 11.5 Å². The Hall–Kier alpha value is -2.67. The Morgan fingerprint density at radius 2 is 1.93 bits per heavy atom. The first-order valence-corrected chi connectivity index (χ1v) is 9.76. The molecule has 3 rings (SSSR count). The molecule has 0 spiro atoms. The van der Waals surface area contributed by atoms with E-state index in [0.29, 0.717) is 31.9 Å². The molecule has 0 aliphatic rings. The molecule has 0 saturated heterocycles. The maximum Gasteiger partial charge on any atom is 0.130 e. The van der Waals surface area contributed by atoms with Gasteiger partial charge in [-0.25, -0.2) is 14.4 Å². The predicted octanol–water partition coefficient (Wildman–Crippen LogP) is 4.80. The first kappa shape index (κ1) is 19.1. The summed E-state index contributed by atoms with van der Waals surface area (Å²) in [4.78, 5) is 9.64. The number of benzene rings is 1. The summed E-state index contributed by atoms with van der Waals surface area (Å²) >= 11 is 1.59. The molecule has 2 heterocycles. The van der Waals surface area contributed by atoms with Crippen LogP contribution in [-0.4, -0.2) is 29.7 Å². The number of ether oxygens (including phenoxy) is 2. The number of anilines is 1. The number of halogens is 1. The Balaban J connectivity index is 1.63. The van der Waals surface area contributed by atoms with E-state index in [9.17, 15) is 4.39 Å². The van der Waals surface area contributed by atoms with Gasteiger partial charge in [-0.2, -0.15) is 0 Å². The lowest BCUT2D eigenvalue weighted by atomic mass is 10.1. The van der Waals surface area contributed by atoms with Gasteiger partial charge in [0, 0.05) is 30.1 Å². The molecule has 0 fully saturated rings. The zero-order valence-electron chi connectivity index (χ0n) is 15.4. The minimum atomic E-state index is -0.294. The van der Waals surface area contributed by atoms with Gasteiger partial charge in [0.1, 0.15) is 29.5 Å². The van der Waals surface area contributed by atoms with Crippen LogP contribution < -0.4 is 14.8 Å². The lowest BCUT2D eigenvalue weighted by Gasteiger charge is -2.11. The van der Waals surface area contributed by atoms with E-state index < -0.39 is 0 Å². The molecule has 1 N–H and O–H groups in total. The molecule has 0 unspecified atom stereocenters. The summed E-state index contributed by atoms with van der Waals surface area (Å²) in [7, 11) is 0. The Bertz CT molecular complexity index is 885. The topological polar surface area (TPSA) is 56.3 Å². The zero-order valence-corrected chi connectivity index (χ0v) is 16.2. The predicted molar refractivity (Wildman–Crippen MR) is 106 cm³/mol. The van der Waals surface area contributed by atoms with E-state index in [2.05, 4.69) is 15.3 Å². The fourth-order valence-electron chi connectivity index (χ4n) is 2.63. The van der Waals surface area contributed by atoms with E-state index in [1.807, 2.05) is 31.4 Å². The Morgan fingerprint density at radius 1 is 1.07 bits per heavy atom.